The van der Waals surface area contributed by atoms with Crippen molar-refractivity contribution in [2.75, 3.05) is 19.8 Å². The maximum absolute atomic E-state index is 12.4. The lowest BCUT2D eigenvalue weighted by Crippen LogP contribution is -2.51. The first kappa shape index (κ1) is 26.6. The van der Waals surface area contributed by atoms with Crippen molar-refractivity contribution in [1.82, 2.24) is 5.32 Å². The number of hydrogen-bond donors (Lipinski definition) is 1. The van der Waals surface area contributed by atoms with Crippen molar-refractivity contribution in [3.05, 3.63) is 0 Å². The van der Waals surface area contributed by atoms with Gasteiger partial charge in [0.15, 0.2) is 0 Å². The molecule has 0 aliphatic heterocycles. The van der Waals surface area contributed by atoms with Crippen LogP contribution < -0.4 is 5.32 Å². The lowest BCUT2D eigenvalue weighted by Gasteiger charge is -2.28. The van der Waals surface area contributed by atoms with Crippen LogP contribution >= 0.6 is 0 Å². The zero-order chi connectivity index (χ0) is 21.3. The van der Waals surface area contributed by atoms with Gasteiger partial charge in [0.25, 0.3) is 0 Å². The molecule has 0 spiro atoms. The van der Waals surface area contributed by atoms with Crippen LogP contribution in [0.25, 0.3) is 0 Å². The summed E-state index contributed by atoms with van der Waals surface area (Å²) >= 11 is 0. The largest absolute Gasteiger partial charge is 0.466 e. The van der Waals surface area contributed by atoms with Gasteiger partial charge in [0.05, 0.1) is 13.2 Å². The van der Waals surface area contributed by atoms with E-state index in [0.717, 1.165) is 44.9 Å². The van der Waals surface area contributed by atoms with E-state index in [4.69, 9.17) is 9.47 Å². The van der Waals surface area contributed by atoms with Gasteiger partial charge in [-0.15, -0.1) is 0 Å². The maximum atomic E-state index is 12.4. The van der Waals surface area contributed by atoms with Gasteiger partial charge in [-0.3, -0.25) is 14.4 Å². The minimum absolute atomic E-state index is 0.149. The number of carbonyl (C=O) groups excluding carboxylic acids is 3. The fraction of sp³-hybridized carbons (Fsp3) is 0.864. The Kier molecular flexibility index (Phi) is 15.7. The molecule has 0 saturated heterocycles. The predicted octanol–water partition coefficient (Wildman–Crippen LogP) is 4.34. The fourth-order valence-corrected chi connectivity index (χ4v) is 3.06. The van der Waals surface area contributed by atoms with E-state index in [-0.39, 0.29) is 17.7 Å². The summed E-state index contributed by atoms with van der Waals surface area (Å²) in [5, 5.41) is 3.26. The van der Waals surface area contributed by atoms with Gasteiger partial charge < -0.3 is 14.8 Å². The van der Waals surface area contributed by atoms with Crippen molar-refractivity contribution in [2.24, 2.45) is 0 Å². The summed E-state index contributed by atoms with van der Waals surface area (Å²) < 4.78 is 10.2. The first-order valence-corrected chi connectivity index (χ1v) is 11.0. The molecule has 0 rings (SSSR count). The van der Waals surface area contributed by atoms with Gasteiger partial charge in [0.1, 0.15) is 11.3 Å². The van der Waals surface area contributed by atoms with Crippen LogP contribution in [-0.2, 0) is 23.9 Å². The minimum atomic E-state index is -0.777. The third-order valence-corrected chi connectivity index (χ3v) is 4.82. The molecule has 0 aliphatic carbocycles. The van der Waals surface area contributed by atoms with Gasteiger partial charge in [-0.25, -0.2) is 0 Å². The van der Waals surface area contributed by atoms with Crippen LogP contribution in [-0.4, -0.2) is 43.0 Å². The molecule has 6 heteroatoms. The molecule has 0 aliphatic rings. The highest BCUT2D eigenvalue weighted by Gasteiger charge is 2.33. The molecule has 0 heterocycles. The Morgan fingerprint density at radius 3 is 2.07 bits per heavy atom. The number of esters is 2. The highest BCUT2D eigenvalue weighted by Crippen LogP contribution is 2.18. The Bertz CT molecular complexity index is 452. The van der Waals surface area contributed by atoms with Gasteiger partial charge in [-0.2, -0.15) is 0 Å². The van der Waals surface area contributed by atoms with E-state index < -0.39 is 5.54 Å². The predicted molar refractivity (Wildman–Crippen MR) is 111 cm³/mol. The highest BCUT2D eigenvalue weighted by atomic mass is 16.5. The van der Waals surface area contributed by atoms with Gasteiger partial charge >= 0.3 is 11.9 Å². The number of hydrogen-bond acceptors (Lipinski definition) is 6. The quantitative estimate of drug-likeness (QED) is 0.273. The van der Waals surface area contributed by atoms with Crippen molar-refractivity contribution in [2.45, 2.75) is 104 Å². The number of ketones is 1. The van der Waals surface area contributed by atoms with Crippen molar-refractivity contribution >= 4 is 17.7 Å². The Labute approximate surface area is 171 Å². The highest BCUT2D eigenvalue weighted by molar-refractivity contribution is 5.81. The van der Waals surface area contributed by atoms with Gasteiger partial charge in [0.2, 0.25) is 0 Å². The first-order valence-electron chi connectivity index (χ1n) is 11.0. The number of carbonyl (C=O) groups is 3. The Morgan fingerprint density at radius 2 is 1.43 bits per heavy atom. The number of nitrogens with one attached hydrogen (secondary N) is 1. The van der Waals surface area contributed by atoms with Crippen LogP contribution in [0.1, 0.15) is 98.3 Å². The molecular formula is C22H41NO5. The van der Waals surface area contributed by atoms with E-state index in [1.54, 1.807) is 13.8 Å². The second-order valence-corrected chi connectivity index (χ2v) is 7.44. The van der Waals surface area contributed by atoms with Crippen LogP contribution in [0.15, 0.2) is 0 Å². The van der Waals surface area contributed by atoms with Gasteiger partial charge in [-0.1, -0.05) is 39.0 Å². The van der Waals surface area contributed by atoms with Crippen LogP contribution in [0.5, 0.6) is 0 Å². The average molecular weight is 400 g/mol. The molecule has 6 nitrogen and oxygen atoms in total. The second kappa shape index (κ2) is 16.5. The molecule has 28 heavy (non-hydrogen) atoms. The third kappa shape index (κ3) is 12.9. The summed E-state index contributed by atoms with van der Waals surface area (Å²) in [6.07, 6.45) is 8.79. The van der Waals surface area contributed by atoms with Crippen molar-refractivity contribution in [1.29, 1.82) is 0 Å². The molecule has 0 aromatic rings. The van der Waals surface area contributed by atoms with E-state index in [2.05, 4.69) is 12.2 Å². The van der Waals surface area contributed by atoms with Crippen LogP contribution in [0.4, 0.5) is 0 Å². The van der Waals surface area contributed by atoms with Crippen LogP contribution in [0, 0.1) is 0 Å². The molecule has 164 valence electrons. The second-order valence-electron chi connectivity index (χ2n) is 7.44. The maximum Gasteiger partial charge on any atom is 0.326 e. The first-order chi connectivity index (χ1) is 13.4. The van der Waals surface area contributed by atoms with Gasteiger partial charge in [0, 0.05) is 25.8 Å². The Morgan fingerprint density at radius 1 is 0.786 bits per heavy atom. The van der Waals surface area contributed by atoms with Crippen molar-refractivity contribution in [3.63, 3.8) is 0 Å². The molecule has 0 aromatic carbocycles. The molecule has 1 unspecified atom stereocenters. The van der Waals surface area contributed by atoms with Crippen LogP contribution in [0.3, 0.4) is 0 Å². The van der Waals surface area contributed by atoms with Crippen molar-refractivity contribution in [3.8, 4) is 0 Å². The summed E-state index contributed by atoms with van der Waals surface area (Å²) in [5.74, 6) is -0.171. The number of ether oxygens (including phenoxy) is 2. The topological polar surface area (TPSA) is 81.7 Å². The summed E-state index contributed by atoms with van der Waals surface area (Å²) in [6, 6.07) is 0. The van der Waals surface area contributed by atoms with E-state index >= 15 is 0 Å². The molecule has 0 amide bonds. The molecular weight excluding hydrogens is 358 g/mol. The number of unbranched alkanes of at least 4 members (excludes halogenated alkanes) is 5. The van der Waals surface area contributed by atoms with Crippen molar-refractivity contribution < 1.29 is 23.9 Å². The summed E-state index contributed by atoms with van der Waals surface area (Å²) in [6.45, 7) is 8.82. The molecule has 1 N–H and O–H groups in total. The standard InChI is InChI=1S/C22H41NO5/c1-5-8-11-14-19(24)16-18-23-22(4,21(26)28-7-3)17-13-10-9-12-15-20(25)27-6-2/h23H,5-18H2,1-4H3. The van der Waals surface area contributed by atoms with Gasteiger partial charge in [-0.05, 0) is 40.0 Å². The summed E-state index contributed by atoms with van der Waals surface area (Å²) in [5.41, 5.74) is -0.777. The monoisotopic (exact) mass is 399 g/mol. The fourth-order valence-electron chi connectivity index (χ4n) is 3.06. The molecule has 1 atom stereocenters. The zero-order valence-electron chi connectivity index (χ0n) is 18.4. The Balaban J connectivity index is 4.27. The molecule has 0 fully saturated rings. The average Bonchev–Trinajstić information content (AvgIpc) is 2.65. The zero-order valence-corrected chi connectivity index (χ0v) is 18.4. The van der Waals surface area contributed by atoms with E-state index in [1.807, 2.05) is 6.92 Å². The molecule has 0 bridgehead atoms. The summed E-state index contributed by atoms with van der Waals surface area (Å²) in [7, 11) is 0. The SMILES string of the molecule is CCCCCC(=O)CCNC(C)(CCCCCCC(=O)OCC)C(=O)OCC. The normalized spacial score (nSPS) is 13.0. The van der Waals surface area contributed by atoms with E-state index in [0.29, 0.717) is 45.4 Å². The van der Waals surface area contributed by atoms with Crippen LogP contribution in [0.2, 0.25) is 0 Å². The molecule has 0 saturated carbocycles. The molecule has 0 aromatic heterocycles. The summed E-state index contributed by atoms with van der Waals surface area (Å²) in [4.78, 5) is 35.7. The smallest absolute Gasteiger partial charge is 0.326 e. The number of Topliss-reactive ketones (excluding diaryl/α,β-unsaturated/α-hetero) is 1. The third-order valence-electron chi connectivity index (χ3n) is 4.82. The number of rotatable bonds is 18. The molecule has 0 radical (unpaired) electrons. The lowest BCUT2D eigenvalue weighted by atomic mass is 9.93. The lowest BCUT2D eigenvalue weighted by molar-refractivity contribution is -0.151. The minimum Gasteiger partial charge on any atom is -0.466 e. The van der Waals surface area contributed by atoms with E-state index in [1.165, 1.54) is 0 Å². The van der Waals surface area contributed by atoms with E-state index in [9.17, 15) is 14.4 Å². The Hall–Kier alpha value is -1.43.